The summed E-state index contributed by atoms with van der Waals surface area (Å²) >= 11 is 12.0. The van der Waals surface area contributed by atoms with Gasteiger partial charge in [-0.2, -0.15) is 5.10 Å². The molecule has 5 nitrogen and oxygen atoms in total. The first kappa shape index (κ1) is 15.8. The minimum Gasteiger partial charge on any atom is -0.322 e. The van der Waals surface area contributed by atoms with Gasteiger partial charge in [-0.05, 0) is 30.7 Å². The van der Waals surface area contributed by atoms with Gasteiger partial charge in [-0.25, -0.2) is 0 Å². The topological polar surface area (TPSA) is 59.0 Å². The van der Waals surface area contributed by atoms with E-state index in [1.54, 1.807) is 22.9 Å². The molecule has 21 heavy (non-hydrogen) atoms. The third-order valence-corrected chi connectivity index (χ3v) is 3.49. The summed E-state index contributed by atoms with van der Waals surface area (Å²) in [6, 6.07) is 5.09. The van der Waals surface area contributed by atoms with Crippen molar-refractivity contribution in [3.05, 3.63) is 46.2 Å². The highest BCUT2D eigenvalue weighted by Crippen LogP contribution is 2.29. The van der Waals surface area contributed by atoms with Crippen molar-refractivity contribution in [3.63, 3.8) is 0 Å². The summed E-state index contributed by atoms with van der Waals surface area (Å²) in [4.78, 5) is 11.8. The summed E-state index contributed by atoms with van der Waals surface area (Å²) in [5.41, 5.74) is 1.57. The SMILES string of the molecule is Cn1cc(CCNCC(=O)Nc2c(Cl)cccc2Cl)cn1. The molecule has 1 aromatic heterocycles. The normalized spacial score (nSPS) is 10.6. The number of amides is 1. The smallest absolute Gasteiger partial charge is 0.238 e. The maximum absolute atomic E-state index is 11.8. The highest BCUT2D eigenvalue weighted by Gasteiger charge is 2.09. The van der Waals surface area contributed by atoms with E-state index in [0.717, 1.165) is 12.0 Å². The highest BCUT2D eigenvalue weighted by molar-refractivity contribution is 6.39. The summed E-state index contributed by atoms with van der Waals surface area (Å²) in [5, 5.41) is 10.7. The number of nitrogens with zero attached hydrogens (tertiary/aromatic N) is 2. The van der Waals surface area contributed by atoms with E-state index in [4.69, 9.17) is 23.2 Å². The third kappa shape index (κ3) is 4.74. The van der Waals surface area contributed by atoms with Crippen molar-refractivity contribution in [2.75, 3.05) is 18.4 Å². The van der Waals surface area contributed by atoms with E-state index in [-0.39, 0.29) is 12.5 Å². The zero-order chi connectivity index (χ0) is 15.2. The number of carbonyl (C=O) groups excluding carboxylic acids is 1. The first-order valence-corrected chi connectivity index (χ1v) is 7.24. The second-order valence-electron chi connectivity index (χ2n) is 4.59. The average Bonchev–Trinajstić information content (AvgIpc) is 2.85. The van der Waals surface area contributed by atoms with Gasteiger partial charge in [0.25, 0.3) is 0 Å². The molecule has 1 heterocycles. The van der Waals surface area contributed by atoms with Gasteiger partial charge >= 0.3 is 0 Å². The number of benzene rings is 1. The van der Waals surface area contributed by atoms with Crippen molar-refractivity contribution in [1.29, 1.82) is 0 Å². The first-order valence-electron chi connectivity index (χ1n) is 6.48. The van der Waals surface area contributed by atoms with Crippen LogP contribution in [0.3, 0.4) is 0 Å². The second-order valence-corrected chi connectivity index (χ2v) is 5.41. The Morgan fingerprint density at radius 2 is 2.05 bits per heavy atom. The van der Waals surface area contributed by atoms with Crippen LogP contribution in [-0.4, -0.2) is 28.8 Å². The molecule has 0 bridgehead atoms. The van der Waals surface area contributed by atoms with Crippen molar-refractivity contribution in [3.8, 4) is 0 Å². The molecule has 0 aliphatic heterocycles. The molecule has 2 N–H and O–H groups in total. The van der Waals surface area contributed by atoms with Gasteiger partial charge in [0.2, 0.25) is 5.91 Å². The third-order valence-electron chi connectivity index (χ3n) is 2.86. The van der Waals surface area contributed by atoms with E-state index < -0.39 is 0 Å². The van der Waals surface area contributed by atoms with Gasteiger partial charge in [0.1, 0.15) is 0 Å². The number of carbonyl (C=O) groups is 1. The molecule has 1 aromatic carbocycles. The predicted molar refractivity (Wildman–Crippen MR) is 84.9 cm³/mol. The Balaban J connectivity index is 1.75. The maximum atomic E-state index is 11.8. The van der Waals surface area contributed by atoms with Crippen LogP contribution in [-0.2, 0) is 18.3 Å². The summed E-state index contributed by atoms with van der Waals surface area (Å²) in [7, 11) is 1.87. The summed E-state index contributed by atoms with van der Waals surface area (Å²) in [6.07, 6.45) is 4.57. The van der Waals surface area contributed by atoms with Gasteiger partial charge in [0.05, 0.1) is 28.5 Å². The molecule has 7 heteroatoms. The Morgan fingerprint density at radius 3 is 2.67 bits per heavy atom. The van der Waals surface area contributed by atoms with E-state index in [9.17, 15) is 4.79 Å². The molecule has 0 aliphatic carbocycles. The molecule has 0 spiro atoms. The summed E-state index contributed by atoms with van der Waals surface area (Å²) < 4.78 is 1.75. The molecule has 0 aliphatic rings. The lowest BCUT2D eigenvalue weighted by molar-refractivity contribution is -0.115. The van der Waals surface area contributed by atoms with Gasteiger partial charge in [0, 0.05) is 13.2 Å². The molecule has 1 amide bonds. The predicted octanol–water partition coefficient (Wildman–Crippen LogP) is 2.50. The molecular weight excluding hydrogens is 311 g/mol. The Kier molecular flexibility index (Phi) is 5.61. The highest BCUT2D eigenvalue weighted by atomic mass is 35.5. The number of hydrogen-bond acceptors (Lipinski definition) is 3. The average molecular weight is 327 g/mol. The number of aromatic nitrogens is 2. The fourth-order valence-electron chi connectivity index (χ4n) is 1.84. The minimum atomic E-state index is -0.184. The number of aryl methyl sites for hydroxylation is 1. The zero-order valence-electron chi connectivity index (χ0n) is 11.6. The molecule has 0 unspecified atom stereocenters. The first-order chi connectivity index (χ1) is 10.1. The maximum Gasteiger partial charge on any atom is 0.238 e. The molecule has 112 valence electrons. The summed E-state index contributed by atoms with van der Waals surface area (Å²) in [5.74, 6) is -0.184. The van der Waals surface area contributed by atoms with Crippen molar-refractivity contribution in [2.24, 2.45) is 7.05 Å². The van der Waals surface area contributed by atoms with Crippen molar-refractivity contribution >= 4 is 34.8 Å². The lowest BCUT2D eigenvalue weighted by Crippen LogP contribution is -2.29. The van der Waals surface area contributed by atoms with Crippen LogP contribution in [0.25, 0.3) is 0 Å². The van der Waals surface area contributed by atoms with Gasteiger partial charge < -0.3 is 10.6 Å². The van der Waals surface area contributed by atoms with E-state index in [1.165, 1.54) is 0 Å². The number of hydrogen-bond donors (Lipinski definition) is 2. The number of rotatable bonds is 6. The molecule has 0 atom stereocenters. The molecule has 2 aromatic rings. The number of anilines is 1. The molecule has 0 radical (unpaired) electrons. The Bertz CT molecular complexity index is 607. The standard InChI is InChI=1S/C14H16Cl2N4O/c1-20-9-10(7-18-20)5-6-17-8-13(21)19-14-11(15)3-2-4-12(14)16/h2-4,7,9,17H,5-6,8H2,1H3,(H,19,21). The largest absolute Gasteiger partial charge is 0.322 e. The summed E-state index contributed by atoms with van der Waals surface area (Å²) in [6.45, 7) is 0.886. The molecule has 0 fully saturated rings. The van der Waals surface area contributed by atoms with Gasteiger partial charge in [-0.3, -0.25) is 9.48 Å². The van der Waals surface area contributed by atoms with Gasteiger partial charge in [-0.15, -0.1) is 0 Å². The van der Waals surface area contributed by atoms with Gasteiger partial charge in [0.15, 0.2) is 0 Å². The van der Waals surface area contributed by atoms with E-state index in [2.05, 4.69) is 15.7 Å². The van der Waals surface area contributed by atoms with Crippen molar-refractivity contribution < 1.29 is 4.79 Å². The fraction of sp³-hybridized carbons (Fsp3) is 0.286. The van der Waals surface area contributed by atoms with E-state index >= 15 is 0 Å². The van der Waals surface area contributed by atoms with E-state index in [0.29, 0.717) is 22.3 Å². The van der Waals surface area contributed by atoms with Crippen LogP contribution in [0.4, 0.5) is 5.69 Å². The van der Waals surface area contributed by atoms with Crippen LogP contribution in [0.2, 0.25) is 10.0 Å². The molecule has 0 saturated heterocycles. The van der Waals surface area contributed by atoms with Crippen molar-refractivity contribution in [1.82, 2.24) is 15.1 Å². The van der Waals surface area contributed by atoms with Crippen molar-refractivity contribution in [2.45, 2.75) is 6.42 Å². The van der Waals surface area contributed by atoms with Crippen LogP contribution in [0.1, 0.15) is 5.56 Å². The molecular formula is C14H16Cl2N4O. The Hall–Kier alpha value is -1.56. The fourth-order valence-corrected chi connectivity index (χ4v) is 2.33. The van der Waals surface area contributed by atoms with Crippen LogP contribution in [0.5, 0.6) is 0 Å². The minimum absolute atomic E-state index is 0.184. The quantitative estimate of drug-likeness (QED) is 0.802. The second kappa shape index (κ2) is 7.45. The monoisotopic (exact) mass is 326 g/mol. The molecule has 2 rings (SSSR count). The van der Waals surface area contributed by atoms with Gasteiger partial charge in [-0.1, -0.05) is 29.3 Å². The number of halogens is 2. The Labute approximate surface area is 133 Å². The number of nitrogens with one attached hydrogen (secondary N) is 2. The van der Waals surface area contributed by atoms with E-state index in [1.807, 2.05) is 19.4 Å². The van der Waals surface area contributed by atoms with Crippen LogP contribution < -0.4 is 10.6 Å². The Morgan fingerprint density at radius 1 is 1.33 bits per heavy atom. The van der Waals surface area contributed by atoms with Crippen LogP contribution in [0, 0.1) is 0 Å². The zero-order valence-corrected chi connectivity index (χ0v) is 13.1. The number of para-hydroxylation sites is 1. The van der Waals surface area contributed by atoms with Crippen LogP contribution >= 0.6 is 23.2 Å². The molecule has 0 saturated carbocycles. The lowest BCUT2D eigenvalue weighted by Gasteiger charge is -2.09. The lowest BCUT2D eigenvalue weighted by atomic mass is 10.2. The van der Waals surface area contributed by atoms with Crippen LogP contribution in [0.15, 0.2) is 30.6 Å².